The van der Waals surface area contributed by atoms with Crippen molar-refractivity contribution in [3.8, 4) is 0 Å². The van der Waals surface area contributed by atoms with Gasteiger partial charge in [0.25, 0.3) is 5.91 Å². The summed E-state index contributed by atoms with van der Waals surface area (Å²) in [5.74, 6) is -0.0120. The third kappa shape index (κ3) is 3.57. The molecule has 1 aliphatic rings. The van der Waals surface area contributed by atoms with Gasteiger partial charge < -0.3 is 0 Å². The van der Waals surface area contributed by atoms with Crippen LogP contribution >= 0.6 is 23.1 Å². The van der Waals surface area contributed by atoms with E-state index in [0.29, 0.717) is 21.7 Å². The van der Waals surface area contributed by atoms with E-state index in [2.05, 4.69) is 34.2 Å². The van der Waals surface area contributed by atoms with E-state index in [1.807, 2.05) is 32.1 Å². The molecule has 0 radical (unpaired) electrons. The number of carbonyl (C=O) groups excluding carboxylic acids is 1. The highest BCUT2D eigenvalue weighted by atomic mass is 32.2. The Morgan fingerprint density at radius 1 is 1.21 bits per heavy atom. The monoisotopic (exact) mass is 358 g/mol. The molecule has 2 heterocycles. The number of thioether (sulfide) groups is 1. The Morgan fingerprint density at radius 3 is 2.54 bits per heavy atom. The van der Waals surface area contributed by atoms with Gasteiger partial charge in [0.05, 0.1) is 4.91 Å². The fourth-order valence-electron chi connectivity index (χ4n) is 2.28. The number of benzene rings is 1. The van der Waals surface area contributed by atoms with Gasteiger partial charge >= 0.3 is 0 Å². The van der Waals surface area contributed by atoms with Crippen LogP contribution in [0, 0.1) is 6.92 Å². The van der Waals surface area contributed by atoms with Crippen molar-refractivity contribution in [2.24, 2.45) is 4.99 Å². The van der Waals surface area contributed by atoms with Gasteiger partial charge in [0.2, 0.25) is 5.13 Å². The molecule has 5 nitrogen and oxygen atoms in total. The van der Waals surface area contributed by atoms with E-state index in [-0.39, 0.29) is 5.91 Å². The fourth-order valence-corrected chi connectivity index (χ4v) is 3.95. The van der Waals surface area contributed by atoms with Crippen molar-refractivity contribution in [2.75, 3.05) is 6.54 Å². The molecule has 2 aromatic rings. The van der Waals surface area contributed by atoms with E-state index >= 15 is 0 Å². The van der Waals surface area contributed by atoms with Crippen LogP contribution in [-0.2, 0) is 11.2 Å². The van der Waals surface area contributed by atoms with Crippen molar-refractivity contribution >= 4 is 45.4 Å². The maximum absolute atomic E-state index is 12.6. The van der Waals surface area contributed by atoms with Crippen molar-refractivity contribution in [1.82, 2.24) is 15.1 Å². The second kappa shape index (κ2) is 7.27. The third-order valence-corrected chi connectivity index (χ3v) is 5.34. The van der Waals surface area contributed by atoms with Crippen molar-refractivity contribution in [3.63, 3.8) is 0 Å². The number of aliphatic imine (C=N–C) groups is 1. The number of aromatic nitrogens is 2. The van der Waals surface area contributed by atoms with Gasteiger partial charge in [-0.25, -0.2) is 0 Å². The number of amidine groups is 1. The van der Waals surface area contributed by atoms with Crippen molar-refractivity contribution < 1.29 is 4.79 Å². The molecule has 0 spiro atoms. The van der Waals surface area contributed by atoms with Crippen LogP contribution < -0.4 is 0 Å². The number of likely N-dealkylation sites (N-methyl/N-ethyl adjacent to an activating group) is 1. The molecule has 1 fully saturated rings. The lowest BCUT2D eigenvalue weighted by Gasteiger charge is -2.11. The highest BCUT2D eigenvalue weighted by molar-refractivity contribution is 8.18. The van der Waals surface area contributed by atoms with E-state index in [1.165, 1.54) is 28.7 Å². The van der Waals surface area contributed by atoms with E-state index in [9.17, 15) is 4.79 Å². The summed E-state index contributed by atoms with van der Waals surface area (Å²) in [5.41, 5.74) is 2.30. The zero-order valence-corrected chi connectivity index (χ0v) is 15.4. The largest absolute Gasteiger partial charge is 0.287 e. The molecule has 1 amide bonds. The van der Waals surface area contributed by atoms with Crippen LogP contribution in [0.1, 0.15) is 30.0 Å². The van der Waals surface area contributed by atoms with E-state index in [4.69, 9.17) is 0 Å². The molecule has 124 valence electrons. The highest BCUT2D eigenvalue weighted by Gasteiger charge is 2.32. The summed E-state index contributed by atoms with van der Waals surface area (Å²) in [5, 5.41) is 10.1. The molecule has 1 aliphatic heterocycles. The second-order valence-corrected chi connectivity index (χ2v) is 7.42. The van der Waals surface area contributed by atoms with Crippen molar-refractivity contribution in [2.45, 2.75) is 27.2 Å². The molecule has 0 bridgehead atoms. The number of rotatable bonds is 4. The molecule has 1 saturated heterocycles. The summed E-state index contributed by atoms with van der Waals surface area (Å²) in [6.45, 7) is 6.53. The Hall–Kier alpha value is -1.99. The van der Waals surface area contributed by atoms with Gasteiger partial charge in [-0.2, -0.15) is 4.99 Å². The topological polar surface area (TPSA) is 58.5 Å². The van der Waals surface area contributed by atoms with Crippen LogP contribution in [0.5, 0.6) is 0 Å². The molecular formula is C17H18N4OS2. The molecule has 1 aromatic heterocycles. The quantitative estimate of drug-likeness (QED) is 0.774. The van der Waals surface area contributed by atoms with Crippen LogP contribution in [0.4, 0.5) is 5.13 Å². The normalized spacial score (nSPS) is 18.1. The van der Waals surface area contributed by atoms with Gasteiger partial charge in [-0.1, -0.05) is 42.5 Å². The van der Waals surface area contributed by atoms with Crippen LogP contribution in [0.3, 0.4) is 0 Å². The molecule has 1 aromatic carbocycles. The number of amides is 1. The average Bonchev–Trinajstić information content (AvgIpc) is 3.12. The maximum atomic E-state index is 12.6. The van der Waals surface area contributed by atoms with Gasteiger partial charge in [0, 0.05) is 6.54 Å². The summed E-state index contributed by atoms with van der Waals surface area (Å²) < 4.78 is 0. The number of nitrogens with zero attached hydrogens (tertiary/aromatic N) is 4. The highest BCUT2D eigenvalue weighted by Crippen LogP contribution is 2.34. The summed E-state index contributed by atoms with van der Waals surface area (Å²) in [4.78, 5) is 19.4. The lowest BCUT2D eigenvalue weighted by molar-refractivity contribution is -0.122. The Kier molecular flexibility index (Phi) is 5.11. The minimum atomic E-state index is -0.0120. The zero-order chi connectivity index (χ0) is 17.1. The van der Waals surface area contributed by atoms with Crippen molar-refractivity contribution in [1.29, 1.82) is 0 Å². The van der Waals surface area contributed by atoms with E-state index in [0.717, 1.165) is 17.0 Å². The molecule has 0 saturated carbocycles. The molecule has 0 aliphatic carbocycles. The summed E-state index contributed by atoms with van der Waals surface area (Å²) >= 11 is 2.80. The SMILES string of the molecule is CCc1ccc(/C=C2\S/C(=N/c3nnc(C)s3)N(CC)C2=O)cc1. The van der Waals surface area contributed by atoms with Gasteiger partial charge in [0.15, 0.2) is 5.17 Å². The maximum Gasteiger partial charge on any atom is 0.266 e. The molecule has 7 heteroatoms. The van der Waals surface area contributed by atoms with Gasteiger partial charge in [0.1, 0.15) is 5.01 Å². The predicted molar refractivity (Wildman–Crippen MR) is 101 cm³/mol. The first-order valence-electron chi connectivity index (χ1n) is 7.79. The second-order valence-electron chi connectivity index (χ2n) is 5.25. The van der Waals surface area contributed by atoms with E-state index in [1.54, 1.807) is 4.90 Å². The smallest absolute Gasteiger partial charge is 0.266 e. The molecular weight excluding hydrogens is 340 g/mol. The first-order chi connectivity index (χ1) is 11.6. The lowest BCUT2D eigenvalue weighted by atomic mass is 10.1. The first-order valence-corrected chi connectivity index (χ1v) is 9.43. The summed E-state index contributed by atoms with van der Waals surface area (Å²) in [6, 6.07) is 8.26. The zero-order valence-electron chi connectivity index (χ0n) is 13.8. The van der Waals surface area contributed by atoms with Crippen LogP contribution in [0.15, 0.2) is 34.2 Å². The number of carbonyl (C=O) groups is 1. The lowest BCUT2D eigenvalue weighted by Crippen LogP contribution is -2.28. The third-order valence-electron chi connectivity index (χ3n) is 3.60. The molecule has 0 N–H and O–H groups in total. The molecule has 0 atom stereocenters. The average molecular weight is 358 g/mol. The Balaban J connectivity index is 1.88. The number of hydrogen-bond acceptors (Lipinski definition) is 6. The van der Waals surface area contributed by atoms with Crippen LogP contribution in [-0.4, -0.2) is 32.7 Å². The molecule has 24 heavy (non-hydrogen) atoms. The summed E-state index contributed by atoms with van der Waals surface area (Å²) in [7, 11) is 0. The van der Waals surface area contributed by atoms with Gasteiger partial charge in [-0.15, -0.1) is 10.2 Å². The van der Waals surface area contributed by atoms with Gasteiger partial charge in [-0.3, -0.25) is 9.69 Å². The number of aryl methyl sites for hydroxylation is 2. The standard InChI is InChI=1S/C17H18N4OS2/c1-4-12-6-8-13(9-7-12)10-14-15(22)21(5-2)17(24-14)18-16-20-19-11(3)23-16/h6-10H,4-5H2,1-3H3/b14-10-,18-17+. The predicted octanol–water partition coefficient (Wildman–Crippen LogP) is 4.03. The van der Waals surface area contributed by atoms with E-state index < -0.39 is 0 Å². The Bertz CT molecular complexity index is 808. The number of hydrogen-bond donors (Lipinski definition) is 0. The van der Waals surface area contributed by atoms with Gasteiger partial charge in [-0.05, 0) is 49.2 Å². The molecule has 3 rings (SSSR count). The van der Waals surface area contributed by atoms with Crippen LogP contribution in [0.25, 0.3) is 6.08 Å². The minimum absolute atomic E-state index is 0.0120. The summed E-state index contributed by atoms with van der Waals surface area (Å²) in [6.07, 6.45) is 2.93. The fraction of sp³-hybridized carbons (Fsp3) is 0.294. The van der Waals surface area contributed by atoms with Crippen molar-refractivity contribution in [3.05, 3.63) is 45.3 Å². The Labute approximate surface area is 149 Å². The van der Waals surface area contributed by atoms with Crippen LogP contribution in [0.2, 0.25) is 0 Å². The first kappa shape index (κ1) is 16.9. The Morgan fingerprint density at radius 2 is 1.96 bits per heavy atom. The molecule has 0 unspecified atom stereocenters. The minimum Gasteiger partial charge on any atom is -0.287 e.